The van der Waals surface area contributed by atoms with E-state index in [2.05, 4.69) is 32.0 Å². The topological polar surface area (TPSA) is 97.7 Å². The minimum Gasteiger partial charge on any atom is -0.355 e. The summed E-state index contributed by atoms with van der Waals surface area (Å²) >= 11 is 12.5. The van der Waals surface area contributed by atoms with E-state index in [0.29, 0.717) is 39.5 Å². The molecule has 10 heteroatoms. The van der Waals surface area contributed by atoms with Crippen molar-refractivity contribution in [1.82, 2.24) is 24.6 Å². The Labute approximate surface area is 214 Å². The predicted molar refractivity (Wildman–Crippen MR) is 135 cm³/mol. The highest BCUT2D eigenvalue weighted by Gasteiger charge is 2.36. The second-order valence-electron chi connectivity index (χ2n) is 9.42. The maximum Gasteiger partial charge on any atom is 0.190 e. The summed E-state index contributed by atoms with van der Waals surface area (Å²) in [7, 11) is 0. The third kappa shape index (κ3) is 4.67. The van der Waals surface area contributed by atoms with Crippen molar-refractivity contribution in [3.63, 3.8) is 0 Å². The van der Waals surface area contributed by atoms with E-state index in [-0.39, 0.29) is 11.7 Å². The average Bonchev–Trinajstić information content (AvgIpc) is 3.20. The summed E-state index contributed by atoms with van der Waals surface area (Å²) in [6.45, 7) is 6.88. The van der Waals surface area contributed by atoms with Crippen molar-refractivity contribution in [3.8, 4) is 12.1 Å². The smallest absolute Gasteiger partial charge is 0.190 e. The molecule has 0 bridgehead atoms. The molecular formula is C25H26Cl2N8. The zero-order valence-electron chi connectivity index (χ0n) is 19.5. The Bertz CT molecular complexity index is 1320. The van der Waals surface area contributed by atoms with E-state index in [1.165, 1.54) is 12.8 Å². The van der Waals surface area contributed by atoms with Crippen molar-refractivity contribution in [1.29, 1.82) is 10.5 Å². The molecule has 35 heavy (non-hydrogen) atoms. The van der Waals surface area contributed by atoms with Crippen molar-refractivity contribution < 1.29 is 0 Å². The van der Waals surface area contributed by atoms with E-state index in [1.54, 1.807) is 23.0 Å². The lowest BCUT2D eigenvalue weighted by Gasteiger charge is -2.47. The van der Waals surface area contributed by atoms with Gasteiger partial charge in [-0.25, -0.2) is 14.6 Å². The Morgan fingerprint density at radius 3 is 2.74 bits per heavy atom. The summed E-state index contributed by atoms with van der Waals surface area (Å²) in [6, 6.07) is 9.51. The number of piperidine rings is 1. The molecule has 0 spiro atoms. The monoisotopic (exact) mass is 508 g/mol. The molecule has 2 saturated heterocycles. The van der Waals surface area contributed by atoms with Crippen LogP contribution in [0.3, 0.4) is 0 Å². The van der Waals surface area contributed by atoms with Crippen LogP contribution in [0.5, 0.6) is 0 Å². The van der Waals surface area contributed by atoms with E-state index in [1.807, 2.05) is 13.0 Å². The largest absolute Gasteiger partial charge is 0.355 e. The summed E-state index contributed by atoms with van der Waals surface area (Å²) in [5, 5.41) is 24.1. The maximum atomic E-state index is 9.61. The number of halogens is 2. The minimum atomic E-state index is -0.250. The zero-order chi connectivity index (χ0) is 24.5. The first-order valence-corrected chi connectivity index (χ1v) is 12.7. The molecule has 2 fully saturated rings. The van der Waals surface area contributed by atoms with E-state index in [9.17, 15) is 5.26 Å². The fourth-order valence-electron chi connectivity index (χ4n) is 5.25. The van der Waals surface area contributed by atoms with Crippen LogP contribution in [0.2, 0.25) is 10.0 Å². The van der Waals surface area contributed by atoms with Gasteiger partial charge in [0.1, 0.15) is 17.4 Å². The van der Waals surface area contributed by atoms with Crippen molar-refractivity contribution >= 4 is 40.2 Å². The normalized spacial score (nSPS) is 19.8. The van der Waals surface area contributed by atoms with Crippen LogP contribution in [0.4, 0.5) is 5.82 Å². The summed E-state index contributed by atoms with van der Waals surface area (Å²) in [4.78, 5) is 14.1. The Morgan fingerprint density at radius 2 is 2.00 bits per heavy atom. The van der Waals surface area contributed by atoms with Crippen LogP contribution in [0.15, 0.2) is 24.4 Å². The van der Waals surface area contributed by atoms with E-state index in [4.69, 9.17) is 33.4 Å². The Morgan fingerprint density at radius 1 is 1.17 bits per heavy atom. The lowest BCUT2D eigenvalue weighted by Crippen LogP contribution is -2.53. The van der Waals surface area contributed by atoms with Gasteiger partial charge in [0, 0.05) is 42.6 Å². The highest BCUT2D eigenvalue weighted by Crippen LogP contribution is 2.35. The van der Waals surface area contributed by atoms with Gasteiger partial charge in [0.25, 0.3) is 0 Å². The number of nitrogens with zero attached hydrogens (tertiary/aromatic N) is 8. The molecule has 2 aromatic heterocycles. The number of likely N-dealkylation sites (tertiary alicyclic amines) is 1. The first kappa shape index (κ1) is 23.8. The van der Waals surface area contributed by atoms with Gasteiger partial charge in [-0.05, 0) is 55.8 Å². The van der Waals surface area contributed by atoms with E-state index in [0.717, 1.165) is 44.1 Å². The maximum absolute atomic E-state index is 9.61. The third-order valence-corrected chi connectivity index (χ3v) is 7.82. The molecule has 0 unspecified atom stereocenters. The number of benzene rings is 1. The molecule has 0 aliphatic carbocycles. The molecule has 0 N–H and O–H groups in total. The van der Waals surface area contributed by atoms with E-state index < -0.39 is 0 Å². The highest BCUT2D eigenvalue weighted by atomic mass is 35.5. The van der Waals surface area contributed by atoms with Crippen LogP contribution in [-0.2, 0) is 0 Å². The molecule has 2 aliphatic heterocycles. The zero-order valence-corrected chi connectivity index (χ0v) is 21.0. The minimum absolute atomic E-state index is 0.247. The van der Waals surface area contributed by atoms with Crippen molar-refractivity contribution in [2.45, 2.75) is 32.2 Å². The molecular weight excluding hydrogens is 483 g/mol. The second kappa shape index (κ2) is 9.99. The van der Waals surface area contributed by atoms with Crippen molar-refractivity contribution in [2.75, 3.05) is 37.6 Å². The van der Waals surface area contributed by atoms with Gasteiger partial charge >= 0.3 is 0 Å². The fraction of sp³-hybridized carbons (Fsp3) is 0.480. The van der Waals surface area contributed by atoms with Crippen LogP contribution in [0.1, 0.15) is 43.5 Å². The number of rotatable bonds is 6. The Balaban J connectivity index is 1.35. The molecule has 2 atom stereocenters. The summed E-state index contributed by atoms with van der Waals surface area (Å²) in [6.07, 6.45) is 4.77. The van der Waals surface area contributed by atoms with Crippen LogP contribution >= 0.6 is 23.2 Å². The molecule has 1 aromatic carbocycles. The molecule has 3 aromatic rings. The van der Waals surface area contributed by atoms with Crippen molar-refractivity contribution in [2.24, 2.45) is 11.8 Å². The molecule has 4 heterocycles. The molecule has 2 aliphatic rings. The quantitative estimate of drug-likeness (QED) is 0.476. The first-order valence-electron chi connectivity index (χ1n) is 11.9. The Hall–Kier alpha value is -2.91. The van der Waals surface area contributed by atoms with Crippen LogP contribution < -0.4 is 4.90 Å². The predicted octanol–water partition coefficient (Wildman–Crippen LogP) is 4.68. The summed E-state index contributed by atoms with van der Waals surface area (Å²) < 4.78 is 1.73. The van der Waals surface area contributed by atoms with Crippen LogP contribution in [0.25, 0.3) is 11.2 Å². The number of fused-ring (bicyclic) bond motifs is 1. The van der Waals surface area contributed by atoms with Gasteiger partial charge in [-0.1, -0.05) is 29.3 Å². The molecule has 0 saturated carbocycles. The highest BCUT2D eigenvalue weighted by molar-refractivity contribution is 6.35. The van der Waals surface area contributed by atoms with Gasteiger partial charge in [-0.15, -0.1) is 0 Å². The summed E-state index contributed by atoms with van der Waals surface area (Å²) in [5.41, 5.74) is 2.16. The van der Waals surface area contributed by atoms with Crippen LogP contribution in [0, 0.1) is 34.5 Å². The number of aromatic nitrogens is 4. The second-order valence-corrected chi connectivity index (χ2v) is 10.3. The summed E-state index contributed by atoms with van der Waals surface area (Å²) in [5.74, 6) is 2.06. The average molecular weight is 509 g/mol. The third-order valence-electron chi connectivity index (χ3n) is 7.26. The van der Waals surface area contributed by atoms with E-state index >= 15 is 0 Å². The molecule has 0 radical (unpaired) electrons. The van der Waals surface area contributed by atoms with Gasteiger partial charge in [0.05, 0.1) is 18.3 Å². The number of anilines is 1. The van der Waals surface area contributed by atoms with Crippen molar-refractivity contribution in [3.05, 3.63) is 45.7 Å². The SMILES string of the molecule is C[C@H](c1ccc(Cl)cc1Cl)n1nc(C#N)c2ncc(N3CC([C@H]4CCCN(CCC#N)C4)C3)nc21. The molecule has 8 nitrogen and oxygen atoms in total. The molecule has 5 rings (SSSR count). The van der Waals surface area contributed by atoms with Gasteiger partial charge in [-0.2, -0.15) is 15.6 Å². The number of hydrogen-bond acceptors (Lipinski definition) is 7. The fourth-order valence-corrected chi connectivity index (χ4v) is 5.82. The van der Waals surface area contributed by atoms with Gasteiger partial charge in [0.15, 0.2) is 11.3 Å². The lowest BCUT2D eigenvalue weighted by atomic mass is 9.80. The Kier molecular flexibility index (Phi) is 6.80. The van der Waals surface area contributed by atoms with Gasteiger partial charge < -0.3 is 9.80 Å². The lowest BCUT2D eigenvalue weighted by molar-refractivity contribution is 0.121. The number of nitriles is 2. The van der Waals surface area contributed by atoms with Crippen LogP contribution in [-0.4, -0.2) is 57.4 Å². The standard InChI is InChI=1S/C25H26Cl2N8/c1-16(20-6-5-19(26)10-21(20)27)35-25-24(22(11-29)32-35)30-12-23(31-25)34-14-18(15-34)17-4-2-8-33(13-17)9-3-7-28/h5-6,10,12,16-18H,2-4,8-9,13-15H2,1H3/t16-,17+/m1/s1. The molecule has 180 valence electrons. The first-order chi connectivity index (χ1) is 17.0. The molecule has 0 amide bonds. The number of hydrogen-bond donors (Lipinski definition) is 0. The van der Waals surface area contributed by atoms with Gasteiger partial charge in [0.2, 0.25) is 0 Å². The van der Waals surface area contributed by atoms with Gasteiger partial charge in [-0.3, -0.25) is 0 Å².